The maximum Gasteiger partial charge on any atom is -0.0317 e. The number of hydrogen-bond donors (Lipinski definition) is 0. The van der Waals surface area contributed by atoms with Gasteiger partial charge in [0, 0.05) is 0 Å². The van der Waals surface area contributed by atoms with Crippen molar-refractivity contribution in [3.63, 3.8) is 0 Å². The molecule has 10 heavy (non-hydrogen) atoms. The summed E-state index contributed by atoms with van der Waals surface area (Å²) in [5.41, 5.74) is 0. The number of fused-ring (bicyclic) bond motifs is 1. The van der Waals surface area contributed by atoms with E-state index >= 15 is 0 Å². The molecule has 0 heterocycles. The van der Waals surface area contributed by atoms with Crippen LogP contribution in [0.5, 0.6) is 0 Å². The van der Waals surface area contributed by atoms with Gasteiger partial charge < -0.3 is 0 Å². The molecule has 2 aliphatic carbocycles. The van der Waals surface area contributed by atoms with Crippen LogP contribution in [0.3, 0.4) is 0 Å². The van der Waals surface area contributed by atoms with Crippen LogP contribution in [0.4, 0.5) is 0 Å². The first-order valence-corrected chi connectivity index (χ1v) is 4.53. The largest absolute Gasteiger partial charge is 0.0882 e. The molecular formula is C10H16. The molecule has 0 spiro atoms. The molecule has 0 radical (unpaired) electrons. The average molecular weight is 136 g/mol. The van der Waals surface area contributed by atoms with E-state index in [1.807, 2.05) is 0 Å². The smallest absolute Gasteiger partial charge is 0.0317 e. The van der Waals surface area contributed by atoms with E-state index in [1.165, 1.54) is 25.7 Å². The molecular weight excluding hydrogens is 120 g/mol. The van der Waals surface area contributed by atoms with Crippen LogP contribution in [0.2, 0.25) is 0 Å². The fourth-order valence-corrected chi connectivity index (χ4v) is 2.61. The van der Waals surface area contributed by atoms with E-state index < -0.39 is 0 Å². The molecule has 2 unspecified atom stereocenters. The van der Waals surface area contributed by atoms with Crippen LogP contribution in [-0.2, 0) is 0 Å². The normalized spacial score (nSPS) is 45.5. The highest BCUT2D eigenvalue weighted by atomic mass is 14.4. The van der Waals surface area contributed by atoms with E-state index in [-0.39, 0.29) is 0 Å². The minimum atomic E-state index is 1.01. The molecule has 0 aliphatic heterocycles. The fourth-order valence-electron chi connectivity index (χ4n) is 2.61. The third kappa shape index (κ3) is 0.902. The van der Waals surface area contributed by atoms with E-state index in [0.29, 0.717) is 0 Å². The van der Waals surface area contributed by atoms with E-state index in [0.717, 1.165) is 17.8 Å². The average Bonchev–Trinajstić information content (AvgIpc) is 2.34. The lowest BCUT2D eigenvalue weighted by Gasteiger charge is -2.23. The van der Waals surface area contributed by atoms with Crippen LogP contribution in [0, 0.1) is 17.8 Å². The van der Waals surface area contributed by atoms with E-state index in [2.05, 4.69) is 19.1 Å². The zero-order valence-electron chi connectivity index (χ0n) is 6.72. The summed E-state index contributed by atoms with van der Waals surface area (Å²) >= 11 is 0. The summed E-state index contributed by atoms with van der Waals surface area (Å²) in [4.78, 5) is 0. The Morgan fingerprint density at radius 1 is 1.10 bits per heavy atom. The maximum atomic E-state index is 2.42. The topological polar surface area (TPSA) is 0 Å². The molecule has 0 nitrogen and oxygen atoms in total. The van der Waals surface area contributed by atoms with Gasteiger partial charge in [-0.25, -0.2) is 0 Å². The Morgan fingerprint density at radius 2 is 1.90 bits per heavy atom. The van der Waals surface area contributed by atoms with Crippen LogP contribution >= 0.6 is 0 Å². The summed E-state index contributed by atoms with van der Waals surface area (Å²) in [7, 11) is 0. The van der Waals surface area contributed by atoms with Crippen molar-refractivity contribution < 1.29 is 0 Å². The first kappa shape index (κ1) is 6.45. The highest BCUT2D eigenvalue weighted by Crippen LogP contribution is 2.43. The van der Waals surface area contributed by atoms with Crippen LogP contribution < -0.4 is 0 Å². The molecule has 0 aromatic heterocycles. The predicted molar refractivity (Wildman–Crippen MR) is 43.8 cm³/mol. The van der Waals surface area contributed by atoms with Crippen molar-refractivity contribution >= 4 is 0 Å². The Balaban J connectivity index is 2.10. The molecule has 0 aromatic rings. The summed E-state index contributed by atoms with van der Waals surface area (Å²) < 4.78 is 0. The zero-order valence-corrected chi connectivity index (χ0v) is 6.72. The minimum absolute atomic E-state index is 1.01. The molecule has 0 aromatic carbocycles. The Kier molecular flexibility index (Phi) is 1.55. The highest BCUT2D eigenvalue weighted by molar-refractivity contribution is 4.98. The van der Waals surface area contributed by atoms with Crippen molar-refractivity contribution in [3.8, 4) is 0 Å². The van der Waals surface area contributed by atoms with Crippen molar-refractivity contribution in [2.24, 2.45) is 17.8 Å². The standard InChI is InChI=1S/C10H16/c1-8-6-7-9-4-2-3-5-10(8)9/h2-3,8-10H,4-7H2,1H3/t8-,9?,10?/m0/s1. The third-order valence-corrected chi connectivity index (χ3v) is 3.34. The zero-order chi connectivity index (χ0) is 6.97. The third-order valence-electron chi connectivity index (χ3n) is 3.34. The van der Waals surface area contributed by atoms with Gasteiger partial charge in [-0.15, -0.1) is 0 Å². The molecule has 1 saturated carbocycles. The van der Waals surface area contributed by atoms with Gasteiger partial charge in [-0.05, 0) is 37.0 Å². The Labute approximate surface area is 63.3 Å². The summed E-state index contributed by atoms with van der Waals surface area (Å²) in [6.45, 7) is 2.42. The Hall–Kier alpha value is -0.260. The van der Waals surface area contributed by atoms with Gasteiger partial charge >= 0.3 is 0 Å². The number of hydrogen-bond acceptors (Lipinski definition) is 0. The number of allylic oxidation sites excluding steroid dienone is 2. The second-order valence-corrected chi connectivity index (χ2v) is 3.92. The van der Waals surface area contributed by atoms with Crippen molar-refractivity contribution in [2.45, 2.75) is 32.6 Å². The second kappa shape index (κ2) is 2.41. The van der Waals surface area contributed by atoms with Crippen LogP contribution in [0.1, 0.15) is 32.6 Å². The molecule has 2 rings (SSSR count). The van der Waals surface area contributed by atoms with Gasteiger partial charge in [-0.1, -0.05) is 25.5 Å². The van der Waals surface area contributed by atoms with Crippen molar-refractivity contribution in [2.75, 3.05) is 0 Å². The van der Waals surface area contributed by atoms with Crippen LogP contribution in [0.25, 0.3) is 0 Å². The van der Waals surface area contributed by atoms with Gasteiger partial charge in [-0.3, -0.25) is 0 Å². The van der Waals surface area contributed by atoms with Crippen molar-refractivity contribution in [1.82, 2.24) is 0 Å². The van der Waals surface area contributed by atoms with Gasteiger partial charge in [0.25, 0.3) is 0 Å². The summed E-state index contributed by atoms with van der Waals surface area (Å²) in [6, 6.07) is 0. The van der Waals surface area contributed by atoms with Crippen molar-refractivity contribution in [3.05, 3.63) is 12.2 Å². The quantitative estimate of drug-likeness (QED) is 0.449. The SMILES string of the molecule is C[C@H]1CCC2CC=CCC21. The monoisotopic (exact) mass is 136 g/mol. The van der Waals surface area contributed by atoms with E-state index in [1.54, 1.807) is 0 Å². The van der Waals surface area contributed by atoms with Gasteiger partial charge in [0.2, 0.25) is 0 Å². The summed E-state index contributed by atoms with van der Waals surface area (Å²) in [5, 5.41) is 0. The lowest BCUT2D eigenvalue weighted by atomic mass is 9.82. The molecule has 1 fully saturated rings. The molecule has 3 atom stereocenters. The summed E-state index contributed by atoms with van der Waals surface area (Å²) in [6.07, 6.45) is 10.5. The molecule has 0 amide bonds. The minimum Gasteiger partial charge on any atom is -0.0882 e. The molecule has 56 valence electrons. The predicted octanol–water partition coefficient (Wildman–Crippen LogP) is 3.00. The molecule has 2 aliphatic rings. The van der Waals surface area contributed by atoms with Gasteiger partial charge in [-0.2, -0.15) is 0 Å². The lowest BCUT2D eigenvalue weighted by Crippen LogP contribution is -2.14. The molecule has 0 bridgehead atoms. The maximum absolute atomic E-state index is 2.42. The Bertz CT molecular complexity index is 146. The number of rotatable bonds is 0. The molecule has 0 heteroatoms. The Morgan fingerprint density at radius 3 is 2.70 bits per heavy atom. The van der Waals surface area contributed by atoms with Gasteiger partial charge in [0.05, 0.1) is 0 Å². The van der Waals surface area contributed by atoms with Gasteiger partial charge in [0.15, 0.2) is 0 Å². The van der Waals surface area contributed by atoms with Crippen LogP contribution in [-0.4, -0.2) is 0 Å². The summed E-state index contributed by atoms with van der Waals surface area (Å²) in [5.74, 6) is 3.11. The van der Waals surface area contributed by atoms with Gasteiger partial charge in [0.1, 0.15) is 0 Å². The fraction of sp³-hybridized carbons (Fsp3) is 0.800. The second-order valence-electron chi connectivity index (χ2n) is 3.92. The van der Waals surface area contributed by atoms with Crippen LogP contribution in [0.15, 0.2) is 12.2 Å². The first-order chi connectivity index (χ1) is 4.88. The molecule has 0 saturated heterocycles. The highest BCUT2D eigenvalue weighted by Gasteiger charge is 2.32. The van der Waals surface area contributed by atoms with E-state index in [9.17, 15) is 0 Å². The lowest BCUT2D eigenvalue weighted by molar-refractivity contribution is 0.320. The van der Waals surface area contributed by atoms with Crippen molar-refractivity contribution in [1.29, 1.82) is 0 Å². The molecule has 0 N–H and O–H groups in total. The first-order valence-electron chi connectivity index (χ1n) is 4.53. The van der Waals surface area contributed by atoms with E-state index in [4.69, 9.17) is 0 Å².